The lowest BCUT2D eigenvalue weighted by molar-refractivity contribution is -0.148. The minimum atomic E-state index is -4.07. The molecule has 0 bridgehead atoms. The molecule has 1 N–H and O–H groups in total. The van der Waals surface area contributed by atoms with E-state index in [1.807, 2.05) is 0 Å². The second-order valence-corrected chi connectivity index (χ2v) is 5.59. The molecule has 1 unspecified atom stereocenters. The third-order valence-electron chi connectivity index (χ3n) is 3.68. The van der Waals surface area contributed by atoms with Gasteiger partial charge in [0.25, 0.3) is 0 Å². The maximum absolute atomic E-state index is 12.3. The highest BCUT2D eigenvalue weighted by Crippen LogP contribution is 2.20. The third kappa shape index (κ3) is 5.57. The van der Waals surface area contributed by atoms with Crippen molar-refractivity contribution >= 4 is 0 Å². The molecule has 1 aliphatic rings. The third-order valence-corrected chi connectivity index (χ3v) is 3.68. The molecule has 1 saturated heterocycles. The average molecular weight is 266 g/mol. The number of piperidine rings is 1. The summed E-state index contributed by atoms with van der Waals surface area (Å²) in [4.78, 5) is 1.51. The van der Waals surface area contributed by atoms with E-state index in [0.717, 1.165) is 19.3 Å². The Hall–Kier alpha value is -0.290. The number of nitrogens with one attached hydrogen (secondary N) is 1. The van der Waals surface area contributed by atoms with Crippen molar-refractivity contribution in [2.75, 3.05) is 19.6 Å². The molecule has 0 amide bonds. The molecule has 1 rings (SSSR count). The molecule has 0 aromatic rings. The molecule has 108 valence electrons. The van der Waals surface area contributed by atoms with Crippen LogP contribution in [0, 0.1) is 5.92 Å². The SMILES string of the molecule is CCC(NC1CCN(CC(F)(F)F)CC1)C(C)C. The topological polar surface area (TPSA) is 15.3 Å². The summed E-state index contributed by atoms with van der Waals surface area (Å²) >= 11 is 0. The zero-order valence-electron chi connectivity index (χ0n) is 11.6. The van der Waals surface area contributed by atoms with Crippen molar-refractivity contribution in [2.45, 2.75) is 58.3 Å². The van der Waals surface area contributed by atoms with Crippen LogP contribution in [0.3, 0.4) is 0 Å². The summed E-state index contributed by atoms with van der Waals surface area (Å²) in [5.74, 6) is 0.572. The van der Waals surface area contributed by atoms with Crippen LogP contribution in [0.5, 0.6) is 0 Å². The average Bonchev–Trinajstić information content (AvgIpc) is 2.25. The van der Waals surface area contributed by atoms with Gasteiger partial charge in [-0.3, -0.25) is 4.90 Å². The molecule has 0 aromatic carbocycles. The fourth-order valence-electron chi connectivity index (χ4n) is 2.60. The van der Waals surface area contributed by atoms with Crippen LogP contribution in [-0.4, -0.2) is 42.8 Å². The van der Waals surface area contributed by atoms with Gasteiger partial charge in [0.15, 0.2) is 0 Å². The lowest BCUT2D eigenvalue weighted by atomic mass is 9.97. The van der Waals surface area contributed by atoms with Gasteiger partial charge in [-0.15, -0.1) is 0 Å². The smallest absolute Gasteiger partial charge is 0.311 e. The Kier molecular flexibility index (Phi) is 5.92. The standard InChI is InChI=1S/C13H25F3N2/c1-4-12(10(2)3)17-11-5-7-18(8-6-11)9-13(14,15)16/h10-12,17H,4-9H2,1-3H3. The molecule has 0 saturated carbocycles. The van der Waals surface area contributed by atoms with E-state index in [1.54, 1.807) is 0 Å². The first-order valence-electron chi connectivity index (χ1n) is 6.87. The molecule has 1 fully saturated rings. The molecule has 1 atom stereocenters. The number of hydrogen-bond donors (Lipinski definition) is 1. The summed E-state index contributed by atoms with van der Waals surface area (Å²) < 4.78 is 36.8. The number of alkyl halides is 3. The van der Waals surface area contributed by atoms with Crippen LogP contribution >= 0.6 is 0 Å². The first-order valence-corrected chi connectivity index (χ1v) is 6.87. The molecule has 0 radical (unpaired) electrons. The maximum atomic E-state index is 12.3. The van der Waals surface area contributed by atoms with E-state index in [4.69, 9.17) is 0 Å². The van der Waals surface area contributed by atoms with Crippen molar-refractivity contribution in [1.29, 1.82) is 0 Å². The molecular formula is C13H25F3N2. The molecule has 2 nitrogen and oxygen atoms in total. The van der Waals surface area contributed by atoms with Crippen molar-refractivity contribution in [1.82, 2.24) is 10.2 Å². The molecule has 0 aliphatic carbocycles. The number of likely N-dealkylation sites (tertiary alicyclic amines) is 1. The summed E-state index contributed by atoms with van der Waals surface area (Å²) in [5, 5.41) is 3.58. The van der Waals surface area contributed by atoms with Gasteiger partial charge in [-0.25, -0.2) is 0 Å². The highest BCUT2D eigenvalue weighted by molar-refractivity contribution is 4.82. The number of hydrogen-bond acceptors (Lipinski definition) is 2. The van der Waals surface area contributed by atoms with Gasteiger partial charge >= 0.3 is 6.18 Å². The number of rotatable bonds is 5. The van der Waals surface area contributed by atoms with E-state index in [0.29, 0.717) is 31.1 Å². The van der Waals surface area contributed by atoms with E-state index < -0.39 is 12.7 Å². The summed E-state index contributed by atoms with van der Waals surface area (Å²) in [6.07, 6.45) is -1.36. The molecule has 5 heteroatoms. The van der Waals surface area contributed by atoms with Crippen molar-refractivity contribution < 1.29 is 13.2 Å². The fraction of sp³-hybridized carbons (Fsp3) is 1.00. The van der Waals surface area contributed by atoms with Gasteiger partial charge in [0, 0.05) is 12.1 Å². The minimum absolute atomic E-state index is 0.377. The van der Waals surface area contributed by atoms with Crippen LogP contribution in [0.25, 0.3) is 0 Å². The first-order chi connectivity index (χ1) is 8.31. The van der Waals surface area contributed by atoms with Gasteiger partial charge < -0.3 is 5.32 Å². The van der Waals surface area contributed by atoms with E-state index in [1.165, 1.54) is 4.90 Å². The molecule has 0 spiro atoms. The van der Waals surface area contributed by atoms with E-state index in [2.05, 4.69) is 26.1 Å². The Labute approximate surface area is 108 Å². The second kappa shape index (κ2) is 6.75. The van der Waals surface area contributed by atoms with Crippen LogP contribution in [0.2, 0.25) is 0 Å². The van der Waals surface area contributed by atoms with E-state index in [-0.39, 0.29) is 0 Å². The quantitative estimate of drug-likeness (QED) is 0.823. The van der Waals surface area contributed by atoms with Crippen LogP contribution < -0.4 is 5.32 Å². The highest BCUT2D eigenvalue weighted by atomic mass is 19.4. The second-order valence-electron chi connectivity index (χ2n) is 5.59. The lowest BCUT2D eigenvalue weighted by Crippen LogP contribution is -2.49. The molecule has 1 heterocycles. The lowest BCUT2D eigenvalue weighted by Gasteiger charge is -2.35. The monoisotopic (exact) mass is 266 g/mol. The zero-order chi connectivity index (χ0) is 13.8. The molecule has 0 aromatic heterocycles. The van der Waals surface area contributed by atoms with Crippen LogP contribution in [0.4, 0.5) is 13.2 Å². The van der Waals surface area contributed by atoms with Crippen LogP contribution in [0.15, 0.2) is 0 Å². The normalized spacial score (nSPS) is 21.5. The van der Waals surface area contributed by atoms with E-state index in [9.17, 15) is 13.2 Å². The highest BCUT2D eigenvalue weighted by Gasteiger charge is 2.32. The van der Waals surface area contributed by atoms with Crippen molar-refractivity contribution in [3.05, 3.63) is 0 Å². The van der Waals surface area contributed by atoms with Gasteiger partial charge in [0.2, 0.25) is 0 Å². The fourth-order valence-corrected chi connectivity index (χ4v) is 2.60. The summed E-state index contributed by atoms with van der Waals surface area (Å²) in [7, 11) is 0. The number of halogens is 3. The Morgan fingerprint density at radius 2 is 1.78 bits per heavy atom. The number of nitrogens with zero attached hydrogens (tertiary/aromatic N) is 1. The van der Waals surface area contributed by atoms with Crippen LogP contribution in [0.1, 0.15) is 40.0 Å². The predicted molar refractivity (Wildman–Crippen MR) is 67.6 cm³/mol. The van der Waals surface area contributed by atoms with Gasteiger partial charge in [-0.05, 0) is 38.3 Å². The van der Waals surface area contributed by atoms with Gasteiger partial charge in [-0.2, -0.15) is 13.2 Å². The maximum Gasteiger partial charge on any atom is 0.401 e. The van der Waals surface area contributed by atoms with Gasteiger partial charge in [-0.1, -0.05) is 20.8 Å². The van der Waals surface area contributed by atoms with Crippen molar-refractivity contribution in [2.24, 2.45) is 5.92 Å². The van der Waals surface area contributed by atoms with Crippen molar-refractivity contribution in [3.63, 3.8) is 0 Å². The Balaban J connectivity index is 2.31. The van der Waals surface area contributed by atoms with Gasteiger partial charge in [0.1, 0.15) is 0 Å². The zero-order valence-corrected chi connectivity index (χ0v) is 11.6. The summed E-state index contributed by atoms with van der Waals surface area (Å²) in [6.45, 7) is 6.84. The largest absolute Gasteiger partial charge is 0.401 e. The molecule has 1 aliphatic heterocycles. The first kappa shape index (κ1) is 15.8. The van der Waals surface area contributed by atoms with Crippen molar-refractivity contribution in [3.8, 4) is 0 Å². The van der Waals surface area contributed by atoms with E-state index >= 15 is 0 Å². The predicted octanol–water partition coefficient (Wildman–Crippen LogP) is 3.04. The Morgan fingerprint density at radius 1 is 1.22 bits per heavy atom. The summed E-state index contributed by atoms with van der Waals surface area (Å²) in [6, 6.07) is 0.853. The molecular weight excluding hydrogens is 241 g/mol. The van der Waals surface area contributed by atoms with Crippen LogP contribution in [-0.2, 0) is 0 Å². The Morgan fingerprint density at radius 3 is 2.17 bits per heavy atom. The Bertz CT molecular complexity index is 233. The van der Waals surface area contributed by atoms with Gasteiger partial charge in [0.05, 0.1) is 6.54 Å². The summed E-state index contributed by atoms with van der Waals surface area (Å²) in [5.41, 5.74) is 0. The molecule has 18 heavy (non-hydrogen) atoms. The minimum Gasteiger partial charge on any atom is -0.311 e.